The Balaban J connectivity index is 1.57. The van der Waals surface area contributed by atoms with E-state index in [0.717, 1.165) is 11.4 Å². The molecule has 1 amide bonds. The first-order chi connectivity index (χ1) is 13.2. The Kier molecular flexibility index (Phi) is 4.40. The van der Waals surface area contributed by atoms with Crippen molar-refractivity contribution in [2.24, 2.45) is 7.05 Å². The minimum Gasteiger partial charge on any atom is -0.316 e. The average Bonchev–Trinajstić information content (AvgIpc) is 3.32. The van der Waals surface area contributed by atoms with Crippen LogP contribution in [0.3, 0.4) is 0 Å². The first kappa shape index (κ1) is 16.6. The molecule has 134 valence electrons. The van der Waals surface area contributed by atoms with Gasteiger partial charge in [-0.15, -0.1) is 0 Å². The number of nitrogens with one attached hydrogen (secondary N) is 2. The maximum Gasteiger partial charge on any atom is 0.293 e. The van der Waals surface area contributed by atoms with Crippen molar-refractivity contribution < 1.29 is 4.79 Å². The van der Waals surface area contributed by atoms with Crippen molar-refractivity contribution in [2.75, 3.05) is 5.32 Å². The van der Waals surface area contributed by atoms with Gasteiger partial charge in [-0.1, -0.05) is 6.07 Å². The highest BCUT2D eigenvalue weighted by Crippen LogP contribution is 2.24. The molecule has 0 unspecified atom stereocenters. The Morgan fingerprint density at radius 2 is 2.07 bits per heavy atom. The molecule has 0 atom stereocenters. The fourth-order valence-corrected chi connectivity index (χ4v) is 2.63. The minimum atomic E-state index is -0.411. The van der Waals surface area contributed by atoms with E-state index in [4.69, 9.17) is 0 Å². The lowest BCUT2D eigenvalue weighted by Gasteiger charge is -2.05. The summed E-state index contributed by atoms with van der Waals surface area (Å²) in [5.74, 6) is -0.325. The summed E-state index contributed by atoms with van der Waals surface area (Å²) < 4.78 is 1.62. The van der Waals surface area contributed by atoms with Crippen LogP contribution in [0, 0.1) is 0 Å². The summed E-state index contributed by atoms with van der Waals surface area (Å²) in [7, 11) is 1.78. The number of H-pyrrole nitrogens is 1. The maximum atomic E-state index is 12.6. The summed E-state index contributed by atoms with van der Waals surface area (Å²) in [4.78, 5) is 25.4. The number of nitrogens with zero attached hydrogens (tertiary/aromatic N) is 6. The molecule has 0 saturated carbocycles. The van der Waals surface area contributed by atoms with Gasteiger partial charge in [0.2, 0.25) is 5.82 Å². The topological polar surface area (TPSA) is 114 Å². The summed E-state index contributed by atoms with van der Waals surface area (Å²) in [5, 5.41) is 14.0. The summed E-state index contributed by atoms with van der Waals surface area (Å²) >= 11 is 0. The molecule has 4 aromatic rings. The zero-order valence-electron chi connectivity index (χ0n) is 14.5. The van der Waals surface area contributed by atoms with E-state index in [0.29, 0.717) is 23.5 Å². The molecule has 9 nitrogen and oxygen atoms in total. The van der Waals surface area contributed by atoms with Crippen LogP contribution in [0.15, 0.2) is 55.1 Å². The van der Waals surface area contributed by atoms with Crippen molar-refractivity contribution in [2.45, 2.75) is 6.42 Å². The number of carbonyl (C=O) groups excluding carboxylic acids is 1. The van der Waals surface area contributed by atoms with Crippen LogP contribution >= 0.6 is 0 Å². The highest BCUT2D eigenvalue weighted by Gasteiger charge is 2.17. The lowest BCUT2D eigenvalue weighted by molar-refractivity contribution is 0.101. The molecule has 0 aliphatic heterocycles. The molecular weight excluding hydrogens is 344 g/mol. The van der Waals surface area contributed by atoms with Gasteiger partial charge in [-0.05, 0) is 24.3 Å². The van der Waals surface area contributed by atoms with E-state index in [1.54, 1.807) is 42.6 Å². The Bertz CT molecular complexity index is 1060. The molecule has 0 fully saturated rings. The molecule has 0 bridgehead atoms. The van der Waals surface area contributed by atoms with Crippen molar-refractivity contribution in [1.29, 1.82) is 0 Å². The molecule has 0 aromatic carbocycles. The second-order valence-corrected chi connectivity index (χ2v) is 5.86. The number of aromatic nitrogens is 7. The average molecular weight is 360 g/mol. The minimum absolute atomic E-state index is 0.0860. The summed E-state index contributed by atoms with van der Waals surface area (Å²) in [6.07, 6.45) is 7.17. The first-order valence-electron chi connectivity index (χ1n) is 8.25. The number of amides is 1. The molecule has 0 saturated heterocycles. The Morgan fingerprint density at radius 3 is 2.85 bits per heavy atom. The molecule has 9 heteroatoms. The van der Waals surface area contributed by atoms with Crippen molar-refractivity contribution >= 4 is 11.6 Å². The van der Waals surface area contributed by atoms with Gasteiger partial charge < -0.3 is 5.32 Å². The monoisotopic (exact) mass is 360 g/mol. The van der Waals surface area contributed by atoms with E-state index in [1.807, 2.05) is 24.3 Å². The van der Waals surface area contributed by atoms with Gasteiger partial charge in [0, 0.05) is 43.9 Å². The van der Waals surface area contributed by atoms with Gasteiger partial charge in [-0.2, -0.15) is 10.2 Å². The summed E-state index contributed by atoms with van der Waals surface area (Å²) in [6, 6.07) is 9.14. The van der Waals surface area contributed by atoms with Gasteiger partial charge in [0.1, 0.15) is 5.69 Å². The van der Waals surface area contributed by atoms with Crippen LogP contribution in [0.4, 0.5) is 5.69 Å². The molecule has 0 spiro atoms. The quantitative estimate of drug-likeness (QED) is 0.561. The second-order valence-electron chi connectivity index (χ2n) is 5.86. The molecule has 0 radical (unpaired) electrons. The predicted octanol–water partition coefficient (Wildman–Crippen LogP) is 1.84. The van der Waals surface area contributed by atoms with Crippen LogP contribution in [0.5, 0.6) is 0 Å². The molecule has 2 N–H and O–H groups in total. The smallest absolute Gasteiger partial charge is 0.293 e. The van der Waals surface area contributed by atoms with Crippen LogP contribution in [0.1, 0.15) is 22.0 Å². The molecule has 4 rings (SSSR count). The third-order valence-electron chi connectivity index (χ3n) is 3.83. The SMILES string of the molecule is Cn1cc(NC(=O)c2nccc(Cc3ccn[nH]3)n2)c(-c2ccccn2)n1. The Labute approximate surface area is 154 Å². The van der Waals surface area contributed by atoms with Gasteiger partial charge in [0.25, 0.3) is 5.91 Å². The second kappa shape index (κ2) is 7.16. The lowest BCUT2D eigenvalue weighted by Crippen LogP contribution is -2.16. The largest absolute Gasteiger partial charge is 0.316 e. The number of carbonyl (C=O) groups is 1. The van der Waals surface area contributed by atoms with Crippen LogP contribution in [0.2, 0.25) is 0 Å². The number of anilines is 1. The van der Waals surface area contributed by atoms with E-state index in [1.165, 1.54) is 0 Å². The summed E-state index contributed by atoms with van der Waals surface area (Å²) in [5.41, 5.74) is 3.42. The van der Waals surface area contributed by atoms with Crippen molar-refractivity contribution in [1.82, 2.24) is 34.9 Å². The fourth-order valence-electron chi connectivity index (χ4n) is 2.63. The zero-order chi connectivity index (χ0) is 18.6. The predicted molar refractivity (Wildman–Crippen MR) is 97.8 cm³/mol. The van der Waals surface area contributed by atoms with E-state index in [9.17, 15) is 4.79 Å². The Hall–Kier alpha value is -3.88. The first-order valence-corrected chi connectivity index (χ1v) is 8.25. The fraction of sp³-hybridized carbons (Fsp3) is 0.111. The number of aromatic amines is 1. The van der Waals surface area contributed by atoms with Gasteiger partial charge >= 0.3 is 0 Å². The standard InChI is InChI=1S/C18H16N8O/c1-26-11-15(16(25-26)14-4-2-3-7-19-14)23-18(27)17-20-8-5-12(22-17)10-13-6-9-21-24-13/h2-9,11H,10H2,1H3,(H,21,24)(H,23,27). The van der Waals surface area contributed by atoms with E-state index in [2.05, 4.69) is 35.6 Å². The molecular formula is C18H16N8O. The van der Waals surface area contributed by atoms with Gasteiger partial charge in [0.15, 0.2) is 0 Å². The number of hydrogen-bond acceptors (Lipinski definition) is 6. The molecule has 0 aliphatic carbocycles. The van der Waals surface area contributed by atoms with Gasteiger partial charge in [-0.3, -0.25) is 19.6 Å². The third kappa shape index (κ3) is 3.71. The van der Waals surface area contributed by atoms with E-state index < -0.39 is 5.91 Å². The number of rotatable bonds is 5. The van der Waals surface area contributed by atoms with Crippen LogP contribution in [0.25, 0.3) is 11.4 Å². The molecule has 0 aliphatic rings. The third-order valence-corrected chi connectivity index (χ3v) is 3.83. The zero-order valence-corrected chi connectivity index (χ0v) is 14.5. The Morgan fingerprint density at radius 1 is 1.15 bits per heavy atom. The van der Waals surface area contributed by atoms with Crippen LogP contribution in [-0.2, 0) is 13.5 Å². The van der Waals surface area contributed by atoms with E-state index >= 15 is 0 Å². The molecule has 27 heavy (non-hydrogen) atoms. The van der Waals surface area contributed by atoms with Gasteiger partial charge in [-0.25, -0.2) is 9.97 Å². The van der Waals surface area contributed by atoms with Crippen LogP contribution in [-0.4, -0.2) is 40.8 Å². The number of pyridine rings is 1. The van der Waals surface area contributed by atoms with Crippen molar-refractivity contribution in [3.8, 4) is 11.4 Å². The van der Waals surface area contributed by atoms with Gasteiger partial charge in [0.05, 0.1) is 17.1 Å². The number of hydrogen-bond donors (Lipinski definition) is 2. The maximum absolute atomic E-state index is 12.6. The van der Waals surface area contributed by atoms with Crippen LogP contribution < -0.4 is 5.32 Å². The highest BCUT2D eigenvalue weighted by molar-refractivity contribution is 6.03. The highest BCUT2D eigenvalue weighted by atomic mass is 16.2. The molecule has 4 aromatic heterocycles. The molecule has 4 heterocycles. The lowest BCUT2D eigenvalue weighted by atomic mass is 10.2. The van der Waals surface area contributed by atoms with E-state index in [-0.39, 0.29) is 5.82 Å². The normalized spacial score (nSPS) is 10.7. The van der Waals surface area contributed by atoms with Crippen molar-refractivity contribution in [3.05, 3.63) is 72.3 Å². The van der Waals surface area contributed by atoms with Crippen molar-refractivity contribution in [3.63, 3.8) is 0 Å². The number of aryl methyl sites for hydroxylation is 1. The summed E-state index contributed by atoms with van der Waals surface area (Å²) in [6.45, 7) is 0.